The number of methoxy groups -OCH3 is 1. The number of nitrogens with two attached hydrogens (primary N) is 1. The van der Waals surface area contributed by atoms with Crippen LogP contribution in [0.2, 0.25) is 0 Å². The first kappa shape index (κ1) is 30.9. The second kappa shape index (κ2) is 15.1. The Morgan fingerprint density at radius 1 is 1.15 bits per heavy atom. The number of nitrogens with one attached hydrogen (secondary N) is 2. The quantitative estimate of drug-likeness (QED) is 0.211. The first-order valence-electron chi connectivity index (χ1n) is 11.9. The van der Waals surface area contributed by atoms with E-state index in [1.54, 1.807) is 18.2 Å². The van der Waals surface area contributed by atoms with Gasteiger partial charge in [0.05, 0.1) is 32.2 Å². The van der Waals surface area contributed by atoms with Gasteiger partial charge >= 0.3 is 0 Å². The number of aryl methyl sites for hydroxylation is 1. The number of rotatable bonds is 11. The highest BCUT2D eigenvalue weighted by molar-refractivity contribution is 6.03. The third kappa shape index (κ3) is 7.82. The minimum absolute atomic E-state index is 0.00188. The van der Waals surface area contributed by atoms with Gasteiger partial charge < -0.3 is 35.5 Å². The molecule has 0 bridgehead atoms. The van der Waals surface area contributed by atoms with Crippen LogP contribution in [-0.2, 0) is 23.0 Å². The van der Waals surface area contributed by atoms with E-state index >= 15 is 0 Å². The largest absolute Gasteiger partial charge is 0.494 e. The molecular formula is C26H31F2N5O6. The van der Waals surface area contributed by atoms with Crippen LogP contribution in [0.5, 0.6) is 5.75 Å². The maximum absolute atomic E-state index is 14.5. The van der Waals surface area contributed by atoms with Crippen LogP contribution in [0.4, 0.5) is 14.5 Å². The van der Waals surface area contributed by atoms with Gasteiger partial charge in [-0.15, -0.1) is 0 Å². The van der Waals surface area contributed by atoms with E-state index in [-0.39, 0.29) is 35.2 Å². The Bertz CT molecular complexity index is 1300. The van der Waals surface area contributed by atoms with Crippen LogP contribution in [0.15, 0.2) is 36.5 Å². The molecule has 5 N–H and O–H groups in total. The highest BCUT2D eigenvalue weighted by Crippen LogP contribution is 2.30. The molecule has 0 aliphatic heterocycles. The zero-order valence-corrected chi connectivity index (χ0v) is 21.8. The number of carbonyl (C=O) groups is 3. The lowest BCUT2D eigenvalue weighted by Crippen LogP contribution is -2.28. The molecule has 210 valence electrons. The number of nitrogens with zero attached hydrogens (tertiary/aromatic N) is 2. The highest BCUT2D eigenvalue weighted by Gasteiger charge is 2.21. The molecule has 2 amide bonds. The van der Waals surface area contributed by atoms with E-state index in [1.165, 1.54) is 37.1 Å². The van der Waals surface area contributed by atoms with Crippen molar-refractivity contribution in [3.63, 3.8) is 0 Å². The van der Waals surface area contributed by atoms with Crippen molar-refractivity contribution in [2.24, 2.45) is 12.8 Å². The van der Waals surface area contributed by atoms with Crippen molar-refractivity contribution in [2.45, 2.75) is 13.3 Å². The maximum Gasteiger partial charge on any atom is 0.291 e. The van der Waals surface area contributed by atoms with Crippen molar-refractivity contribution in [2.75, 3.05) is 38.7 Å². The first-order valence-corrected chi connectivity index (χ1v) is 11.9. The number of aromatic nitrogens is 2. The van der Waals surface area contributed by atoms with Gasteiger partial charge in [-0.05, 0) is 42.3 Å². The Morgan fingerprint density at radius 2 is 1.87 bits per heavy atom. The number of benzene rings is 2. The van der Waals surface area contributed by atoms with Gasteiger partial charge in [0.15, 0.2) is 17.4 Å². The molecule has 0 saturated carbocycles. The number of carboxylic acid groups (broad SMARTS) is 1. The molecule has 1 aromatic heterocycles. The van der Waals surface area contributed by atoms with Crippen LogP contribution in [0.25, 0.3) is 11.3 Å². The van der Waals surface area contributed by atoms with Crippen molar-refractivity contribution in [1.29, 1.82) is 0 Å². The lowest BCUT2D eigenvalue weighted by Gasteiger charge is -2.12. The summed E-state index contributed by atoms with van der Waals surface area (Å²) in [6.45, 7) is 3.19. The van der Waals surface area contributed by atoms with Crippen molar-refractivity contribution in [1.82, 2.24) is 14.9 Å². The lowest BCUT2D eigenvalue weighted by atomic mass is 10.0. The van der Waals surface area contributed by atoms with Gasteiger partial charge in [-0.3, -0.25) is 14.4 Å². The Balaban J connectivity index is 0.00000170. The van der Waals surface area contributed by atoms with E-state index in [1.807, 2.05) is 6.92 Å². The molecular weight excluding hydrogens is 516 g/mol. The number of carbonyl (C=O) groups excluding carboxylic acids is 2. The summed E-state index contributed by atoms with van der Waals surface area (Å²) in [6, 6.07) is 7.61. The summed E-state index contributed by atoms with van der Waals surface area (Å²) in [5, 5.41) is 12.4. The van der Waals surface area contributed by atoms with E-state index in [9.17, 15) is 18.4 Å². The van der Waals surface area contributed by atoms with Crippen molar-refractivity contribution < 1.29 is 37.7 Å². The Hall–Kier alpha value is -4.36. The number of halogens is 2. The fraction of sp³-hybridized carbons (Fsp3) is 0.308. The van der Waals surface area contributed by atoms with Gasteiger partial charge in [0.2, 0.25) is 5.82 Å². The van der Waals surface area contributed by atoms with E-state index in [0.29, 0.717) is 44.0 Å². The van der Waals surface area contributed by atoms with Crippen LogP contribution in [0.1, 0.15) is 33.5 Å². The minimum atomic E-state index is -1.12. The average Bonchev–Trinajstić information content (AvgIpc) is 3.31. The molecule has 13 heteroatoms. The third-order valence-electron chi connectivity index (χ3n) is 5.52. The molecule has 1 heterocycles. The van der Waals surface area contributed by atoms with E-state index in [4.69, 9.17) is 25.1 Å². The normalized spacial score (nSPS) is 10.3. The van der Waals surface area contributed by atoms with Gasteiger partial charge in [-0.2, -0.15) is 4.39 Å². The molecule has 2 aromatic carbocycles. The molecule has 0 atom stereocenters. The standard InChI is InChI=1S/C25H29F2N5O4.CH2O2/c1-4-15-13-16(5-6-17(15)24(33)29-10-12-36-11-9-28)31-25(34)23-30-14-19(32(23)2)18-7-8-20(35-3)22(27)21(18)26;2-1-3/h5-8,13-14H,4,9-12,28H2,1-3H3,(H,29,33)(H,31,34);1H,(H,2,3). The van der Waals surface area contributed by atoms with Gasteiger partial charge in [0.25, 0.3) is 18.3 Å². The Morgan fingerprint density at radius 3 is 2.51 bits per heavy atom. The summed E-state index contributed by atoms with van der Waals surface area (Å²) < 4.78 is 40.1. The van der Waals surface area contributed by atoms with E-state index in [0.717, 1.165) is 5.56 Å². The van der Waals surface area contributed by atoms with Crippen LogP contribution < -0.4 is 21.1 Å². The number of imidazole rings is 1. The minimum Gasteiger partial charge on any atom is -0.494 e. The van der Waals surface area contributed by atoms with Crippen LogP contribution in [0.3, 0.4) is 0 Å². The molecule has 0 fully saturated rings. The SMILES string of the molecule is CCc1cc(NC(=O)c2ncc(-c3ccc(OC)c(F)c3F)n2C)ccc1C(=O)NCCOCCN.O=CO. The fourth-order valence-electron chi connectivity index (χ4n) is 3.65. The summed E-state index contributed by atoms with van der Waals surface area (Å²) in [5.41, 5.74) is 7.22. The Labute approximate surface area is 223 Å². The van der Waals surface area contributed by atoms with Crippen LogP contribution in [-0.4, -0.2) is 66.4 Å². The van der Waals surface area contributed by atoms with Crippen molar-refractivity contribution >= 4 is 24.0 Å². The number of ether oxygens (including phenoxy) is 2. The summed E-state index contributed by atoms with van der Waals surface area (Å²) in [6.07, 6.45) is 1.85. The molecule has 11 nitrogen and oxygen atoms in total. The molecule has 0 spiro atoms. The van der Waals surface area contributed by atoms with E-state index in [2.05, 4.69) is 15.6 Å². The maximum atomic E-state index is 14.5. The smallest absolute Gasteiger partial charge is 0.291 e. The lowest BCUT2D eigenvalue weighted by molar-refractivity contribution is -0.122. The zero-order chi connectivity index (χ0) is 28.9. The first-order chi connectivity index (χ1) is 18.7. The van der Waals surface area contributed by atoms with Crippen LogP contribution >= 0.6 is 0 Å². The monoisotopic (exact) mass is 547 g/mol. The molecule has 3 aromatic rings. The second-order valence-corrected chi connectivity index (χ2v) is 7.91. The molecule has 0 saturated heterocycles. The summed E-state index contributed by atoms with van der Waals surface area (Å²) in [7, 11) is 2.77. The molecule has 39 heavy (non-hydrogen) atoms. The summed E-state index contributed by atoms with van der Waals surface area (Å²) in [5.74, 6) is -3.24. The molecule has 0 aliphatic carbocycles. The topological polar surface area (TPSA) is 158 Å². The number of hydrogen-bond donors (Lipinski definition) is 4. The number of amides is 2. The second-order valence-electron chi connectivity index (χ2n) is 7.91. The molecule has 0 aliphatic rings. The third-order valence-corrected chi connectivity index (χ3v) is 5.52. The van der Waals surface area contributed by atoms with Gasteiger partial charge in [0.1, 0.15) is 0 Å². The van der Waals surface area contributed by atoms with Crippen LogP contribution in [0, 0.1) is 11.6 Å². The molecule has 3 rings (SSSR count). The van der Waals surface area contributed by atoms with Gasteiger partial charge in [-0.1, -0.05) is 6.92 Å². The Kier molecular flexibility index (Phi) is 12.0. The van der Waals surface area contributed by atoms with E-state index < -0.39 is 17.5 Å². The van der Waals surface area contributed by atoms with Gasteiger partial charge in [-0.25, -0.2) is 9.37 Å². The van der Waals surface area contributed by atoms with Gasteiger partial charge in [0, 0.05) is 37.0 Å². The number of hydrogen-bond acceptors (Lipinski definition) is 7. The summed E-state index contributed by atoms with van der Waals surface area (Å²) in [4.78, 5) is 37.9. The molecule has 0 radical (unpaired) electrons. The average molecular weight is 548 g/mol. The fourth-order valence-corrected chi connectivity index (χ4v) is 3.65. The number of anilines is 1. The van der Waals surface area contributed by atoms with Crippen molar-refractivity contribution in [3.8, 4) is 17.0 Å². The predicted molar refractivity (Wildman–Crippen MR) is 140 cm³/mol. The van der Waals surface area contributed by atoms with Crippen molar-refractivity contribution in [3.05, 3.63) is 65.1 Å². The summed E-state index contributed by atoms with van der Waals surface area (Å²) >= 11 is 0. The highest BCUT2D eigenvalue weighted by atomic mass is 19.2. The predicted octanol–water partition coefficient (Wildman–Crippen LogP) is 2.59. The molecule has 0 unspecified atom stereocenters. The zero-order valence-electron chi connectivity index (χ0n) is 21.8.